The van der Waals surface area contributed by atoms with Crippen LogP contribution in [0.4, 0.5) is 0 Å². The Morgan fingerprint density at radius 3 is 1.22 bits per heavy atom. The smallest absolute Gasteiger partial charge is 0.320 e. The fourth-order valence-electron chi connectivity index (χ4n) is 5.04. The molecule has 0 atom stereocenters. The largest absolute Gasteiger partial charge is 0.507 e. The van der Waals surface area contributed by atoms with Crippen LogP contribution >= 0.6 is 11.8 Å². The number of esters is 1. The van der Waals surface area contributed by atoms with E-state index in [4.69, 9.17) is 9.84 Å². The van der Waals surface area contributed by atoms with Gasteiger partial charge in [-0.1, -0.05) is 107 Å². The highest BCUT2D eigenvalue weighted by molar-refractivity contribution is 7.99. The minimum absolute atomic E-state index is 0.0770. The molecule has 0 unspecified atom stereocenters. The first-order valence-corrected chi connectivity index (χ1v) is 15.8. The molecule has 0 spiro atoms. The monoisotopic (exact) mass is 586 g/mol. The Bertz CT molecular complexity index is 1080. The summed E-state index contributed by atoms with van der Waals surface area (Å²) in [7, 11) is 0. The zero-order chi connectivity index (χ0) is 31.8. The maximum Gasteiger partial charge on any atom is 0.320 e. The molecule has 2 aromatic rings. The van der Waals surface area contributed by atoms with Gasteiger partial charge in [0.1, 0.15) is 23.5 Å². The number of hydrogen-bond acceptors (Lipinski definition) is 6. The number of aliphatic hydroxyl groups excluding tert-OH is 1. The summed E-state index contributed by atoms with van der Waals surface area (Å²) < 4.78 is 5.96. The molecule has 6 heteroatoms. The summed E-state index contributed by atoms with van der Waals surface area (Å²) in [5.41, 5.74) is 1.79. The lowest BCUT2D eigenvalue weighted by molar-refractivity contribution is -0.147. The van der Waals surface area contributed by atoms with Gasteiger partial charge in [-0.3, -0.25) is 4.79 Å². The van der Waals surface area contributed by atoms with Crippen LogP contribution in [0.25, 0.3) is 0 Å². The van der Waals surface area contributed by atoms with Gasteiger partial charge in [0.2, 0.25) is 0 Å². The molecule has 0 saturated heterocycles. The predicted molar refractivity (Wildman–Crippen MR) is 173 cm³/mol. The average molecular weight is 587 g/mol. The van der Waals surface area contributed by atoms with Gasteiger partial charge >= 0.3 is 5.97 Å². The summed E-state index contributed by atoms with van der Waals surface area (Å²) in [6.45, 7) is 26.9. The molecule has 0 aliphatic rings. The van der Waals surface area contributed by atoms with E-state index in [9.17, 15) is 15.0 Å². The number of rotatable bonds is 8. The molecule has 0 radical (unpaired) electrons. The Hall–Kier alpha value is -2.18. The van der Waals surface area contributed by atoms with E-state index in [1.54, 1.807) is 0 Å². The lowest BCUT2D eigenvalue weighted by atomic mass is 9.68. The predicted octanol–water partition coefficient (Wildman–Crippen LogP) is 7.86. The Morgan fingerprint density at radius 2 is 0.951 bits per heavy atom. The molecular formula is C35H54O5S. The van der Waals surface area contributed by atoms with Crippen molar-refractivity contribution in [3.63, 3.8) is 0 Å². The van der Waals surface area contributed by atoms with Gasteiger partial charge in [-0.2, -0.15) is 11.8 Å². The second-order valence-corrected chi connectivity index (χ2v) is 16.7. The highest BCUT2D eigenvalue weighted by Crippen LogP contribution is 2.47. The molecule has 0 heterocycles. The zero-order valence-corrected chi connectivity index (χ0v) is 28.5. The van der Waals surface area contributed by atoms with Gasteiger partial charge in [0.05, 0.1) is 6.61 Å². The third kappa shape index (κ3) is 7.81. The summed E-state index contributed by atoms with van der Waals surface area (Å²) in [6, 6.07) is 7.80. The number of carbonyl (C=O) groups excluding carboxylic acids is 1. The molecule has 3 N–H and O–H groups in total. The first kappa shape index (κ1) is 35.0. The van der Waals surface area contributed by atoms with Gasteiger partial charge in [-0.25, -0.2) is 0 Å². The number of aliphatic hydroxyl groups is 1. The SMILES string of the molecule is CC(C)(C)c1cc(C(C)(C(=O)OCCSCCO)c2cc(C(C)(C)C)c(O)c(C(C)(C)C)c2)cc(C(C)(C)C)c1O. The van der Waals surface area contributed by atoms with Gasteiger partial charge in [0.15, 0.2) is 0 Å². The number of ether oxygens (including phenoxy) is 1. The normalized spacial score (nSPS) is 13.4. The highest BCUT2D eigenvalue weighted by atomic mass is 32.2. The Labute approximate surface area is 253 Å². The van der Waals surface area contributed by atoms with Crippen molar-refractivity contribution in [2.24, 2.45) is 0 Å². The molecule has 0 saturated carbocycles. The Morgan fingerprint density at radius 1 is 0.634 bits per heavy atom. The van der Waals surface area contributed by atoms with Gasteiger partial charge in [-0.05, 0) is 62.0 Å². The number of hydrogen-bond donors (Lipinski definition) is 3. The minimum atomic E-state index is -1.23. The van der Waals surface area contributed by atoms with Crippen LogP contribution in [0.3, 0.4) is 0 Å². The van der Waals surface area contributed by atoms with Gasteiger partial charge < -0.3 is 20.1 Å². The van der Waals surface area contributed by atoms with Crippen LogP contribution in [-0.2, 0) is 36.6 Å². The average Bonchev–Trinajstić information content (AvgIpc) is 2.80. The van der Waals surface area contributed by atoms with Crippen LogP contribution < -0.4 is 0 Å². The van der Waals surface area contributed by atoms with Crippen LogP contribution in [-0.4, -0.2) is 46.0 Å². The van der Waals surface area contributed by atoms with Crippen molar-refractivity contribution in [2.75, 3.05) is 24.7 Å². The summed E-state index contributed by atoms with van der Waals surface area (Å²) in [5.74, 6) is 1.27. The first-order chi connectivity index (χ1) is 18.5. The van der Waals surface area contributed by atoms with E-state index in [1.165, 1.54) is 11.8 Å². The van der Waals surface area contributed by atoms with E-state index in [0.29, 0.717) is 11.5 Å². The van der Waals surface area contributed by atoms with Crippen LogP contribution in [0, 0.1) is 0 Å². The second kappa shape index (κ2) is 12.2. The van der Waals surface area contributed by atoms with Gasteiger partial charge in [0, 0.05) is 11.5 Å². The van der Waals surface area contributed by atoms with Crippen LogP contribution in [0.2, 0.25) is 0 Å². The summed E-state index contributed by atoms with van der Waals surface area (Å²) in [6.07, 6.45) is 0. The summed E-state index contributed by atoms with van der Waals surface area (Å²) in [5, 5.41) is 32.0. The summed E-state index contributed by atoms with van der Waals surface area (Å²) >= 11 is 1.53. The Balaban J connectivity index is 3.03. The van der Waals surface area contributed by atoms with Crippen molar-refractivity contribution in [3.8, 4) is 11.5 Å². The number of phenols is 2. The fourth-order valence-corrected chi connectivity index (χ4v) is 5.57. The molecule has 2 aromatic carbocycles. The molecule has 0 aliphatic carbocycles. The van der Waals surface area contributed by atoms with Crippen molar-refractivity contribution in [3.05, 3.63) is 57.6 Å². The number of thioether (sulfide) groups is 1. The molecule has 5 nitrogen and oxygen atoms in total. The third-order valence-electron chi connectivity index (χ3n) is 7.71. The van der Waals surface area contributed by atoms with E-state index in [-0.39, 0.29) is 46.4 Å². The topological polar surface area (TPSA) is 87.0 Å². The van der Waals surface area contributed by atoms with Gasteiger partial charge in [0.25, 0.3) is 0 Å². The van der Waals surface area contributed by atoms with E-state index in [0.717, 1.165) is 33.4 Å². The number of carbonyl (C=O) groups is 1. The molecule has 0 bridgehead atoms. The second-order valence-electron chi connectivity index (χ2n) is 15.4. The highest BCUT2D eigenvalue weighted by Gasteiger charge is 2.43. The van der Waals surface area contributed by atoms with E-state index < -0.39 is 11.4 Å². The summed E-state index contributed by atoms with van der Waals surface area (Å²) in [4.78, 5) is 14.3. The van der Waals surface area contributed by atoms with E-state index >= 15 is 0 Å². The lowest BCUT2D eigenvalue weighted by Gasteiger charge is -2.36. The van der Waals surface area contributed by atoms with Crippen molar-refractivity contribution in [2.45, 2.75) is 117 Å². The molecule has 41 heavy (non-hydrogen) atoms. The molecule has 230 valence electrons. The quantitative estimate of drug-likeness (QED) is 0.216. The molecule has 0 amide bonds. The van der Waals surface area contributed by atoms with Crippen molar-refractivity contribution >= 4 is 17.7 Å². The van der Waals surface area contributed by atoms with Crippen molar-refractivity contribution < 1.29 is 24.9 Å². The van der Waals surface area contributed by atoms with Gasteiger partial charge in [-0.15, -0.1) is 0 Å². The third-order valence-corrected chi connectivity index (χ3v) is 8.64. The fraction of sp³-hybridized carbons (Fsp3) is 0.629. The van der Waals surface area contributed by atoms with Crippen LogP contribution in [0.5, 0.6) is 11.5 Å². The number of benzene rings is 2. The van der Waals surface area contributed by atoms with Crippen LogP contribution in [0.15, 0.2) is 24.3 Å². The molecular weight excluding hydrogens is 532 g/mol. The van der Waals surface area contributed by atoms with Crippen LogP contribution in [0.1, 0.15) is 123 Å². The Kier molecular flexibility index (Phi) is 10.4. The number of aromatic hydroxyl groups is 2. The van der Waals surface area contributed by atoms with E-state index in [1.807, 2.05) is 31.2 Å². The minimum Gasteiger partial charge on any atom is -0.507 e. The molecule has 0 aliphatic heterocycles. The first-order valence-electron chi connectivity index (χ1n) is 14.6. The lowest BCUT2D eigenvalue weighted by Crippen LogP contribution is -2.38. The molecule has 0 aromatic heterocycles. The van der Waals surface area contributed by atoms with Crippen molar-refractivity contribution in [1.82, 2.24) is 0 Å². The molecule has 2 rings (SSSR count). The standard InChI is InChI=1S/C35H54O5S/c1-31(2,3)24-18-22(19-25(28(24)37)32(4,5)6)35(13,30(39)40-15-17-41-16-14-36)23-20-26(33(7,8)9)29(38)27(21-23)34(10,11)12/h18-21,36-38H,14-17H2,1-13H3. The van der Waals surface area contributed by atoms with E-state index in [2.05, 4.69) is 83.1 Å². The number of phenolic OH excluding ortho intramolecular Hbond substituents is 2. The zero-order valence-electron chi connectivity index (χ0n) is 27.7. The molecule has 0 fully saturated rings. The van der Waals surface area contributed by atoms with Crippen molar-refractivity contribution in [1.29, 1.82) is 0 Å². The maximum absolute atomic E-state index is 14.3. The maximum atomic E-state index is 14.3.